The predicted octanol–water partition coefficient (Wildman–Crippen LogP) is 1.95. The third-order valence-corrected chi connectivity index (χ3v) is 9.50. The monoisotopic (exact) mass is 523 g/mol. The quantitative estimate of drug-likeness (QED) is 0.384. The first-order valence-corrected chi connectivity index (χ1v) is 14.7. The lowest BCUT2D eigenvalue weighted by Gasteiger charge is -2.47. The highest BCUT2D eigenvalue weighted by molar-refractivity contribution is 5.82. The highest BCUT2D eigenvalue weighted by Crippen LogP contribution is 2.34. The molecule has 38 heavy (non-hydrogen) atoms. The number of rotatable bonds is 3. The van der Waals surface area contributed by atoms with Crippen LogP contribution in [0.4, 0.5) is 5.69 Å². The molecule has 5 aliphatic heterocycles. The van der Waals surface area contributed by atoms with Gasteiger partial charge in [-0.25, -0.2) is 0 Å². The van der Waals surface area contributed by atoms with Crippen molar-refractivity contribution in [1.29, 1.82) is 0 Å². The maximum Gasteiger partial charge on any atom is 0.244 e. The summed E-state index contributed by atoms with van der Waals surface area (Å²) in [5.41, 5.74) is 1.72. The van der Waals surface area contributed by atoms with Crippen molar-refractivity contribution in [3.8, 4) is 0 Å². The second-order valence-electron chi connectivity index (χ2n) is 12.2. The molecule has 0 saturated carbocycles. The number of fused-ring (bicyclic) bond motifs is 6. The maximum atomic E-state index is 13.6. The second-order valence-corrected chi connectivity index (χ2v) is 12.2. The zero-order valence-corrected chi connectivity index (χ0v) is 22.9. The molecule has 5 aliphatic rings. The number of carbonyl (C=O) groups is 1. The van der Waals surface area contributed by atoms with E-state index in [1.807, 2.05) is 11.9 Å². The Morgan fingerprint density at radius 2 is 1.84 bits per heavy atom. The first-order valence-electron chi connectivity index (χ1n) is 14.7. The largest absolute Gasteiger partial charge is 0.389 e. The van der Waals surface area contributed by atoms with Crippen molar-refractivity contribution in [2.45, 2.75) is 88.1 Å². The van der Waals surface area contributed by atoms with Gasteiger partial charge >= 0.3 is 0 Å². The minimum Gasteiger partial charge on any atom is -0.389 e. The van der Waals surface area contributed by atoms with Crippen LogP contribution in [0.1, 0.15) is 63.4 Å². The number of allylic oxidation sites excluding steroid dienone is 1. The Kier molecular flexibility index (Phi) is 7.50. The first kappa shape index (κ1) is 26.2. The van der Waals surface area contributed by atoms with Crippen molar-refractivity contribution in [3.05, 3.63) is 42.0 Å². The fourth-order valence-corrected chi connectivity index (χ4v) is 7.10. The number of benzene rings is 1. The molecule has 208 valence electrons. The Balaban J connectivity index is 1.16. The summed E-state index contributed by atoms with van der Waals surface area (Å²) in [4.78, 5) is 16.0. The third kappa shape index (κ3) is 5.24. The second kappa shape index (κ2) is 10.9. The number of carbonyl (C=O) groups excluding carboxylic acids is 1. The van der Waals surface area contributed by atoms with Crippen LogP contribution in [0.25, 0.3) is 0 Å². The molecule has 9 nitrogen and oxygen atoms in total. The van der Waals surface area contributed by atoms with Gasteiger partial charge in [0, 0.05) is 18.3 Å². The maximum absolute atomic E-state index is 13.6. The van der Waals surface area contributed by atoms with Gasteiger partial charge in [-0.05, 0) is 95.6 Å². The fourth-order valence-electron chi connectivity index (χ4n) is 7.10. The Hall–Kier alpha value is -2.01. The molecule has 4 fully saturated rings. The molecule has 6 rings (SSSR count). The number of piperidine rings is 2. The molecule has 0 aromatic heterocycles. The minimum absolute atomic E-state index is 0.00532. The Morgan fingerprint density at radius 1 is 1.05 bits per heavy atom. The lowest BCUT2D eigenvalue weighted by atomic mass is 9.85. The number of hydrogen-bond acceptors (Lipinski definition) is 8. The summed E-state index contributed by atoms with van der Waals surface area (Å²) in [5.74, 6) is 0.656. The van der Waals surface area contributed by atoms with E-state index in [-0.39, 0.29) is 36.5 Å². The summed E-state index contributed by atoms with van der Waals surface area (Å²) in [6.07, 6.45) is 10.9. The number of nitrogens with zero attached hydrogens (tertiary/aromatic N) is 3. The lowest BCUT2D eigenvalue weighted by Crippen LogP contribution is -2.69. The van der Waals surface area contributed by atoms with Crippen LogP contribution in [-0.4, -0.2) is 89.4 Å². The number of amides is 1. The molecule has 6 atom stereocenters. The fraction of sp³-hybridized carbons (Fsp3) is 0.690. The summed E-state index contributed by atoms with van der Waals surface area (Å²) in [7, 11) is 2.20. The lowest BCUT2D eigenvalue weighted by molar-refractivity contribution is -0.146. The zero-order chi connectivity index (χ0) is 26.3. The molecular weight excluding hydrogens is 478 g/mol. The van der Waals surface area contributed by atoms with Crippen molar-refractivity contribution in [2.24, 2.45) is 5.92 Å². The standard InChI is InChI=1S/C29H45N7O2/c1-29(38)15-4-3-5-16-35-27(37)23-19-30-28(33-26(23)36(35)25-8-6-7-24(29)32-25)31-22-11-9-20(10-12-22)21-13-17-34(2)18-14-21/h3,5,9-12,21,23-26,28,30-33,38H,4,6-8,13-19H2,1-2H3/b5-3-/t23?,24?,25?,26?,28?,29-/m0/s1. The van der Waals surface area contributed by atoms with Gasteiger partial charge in [0.1, 0.15) is 6.29 Å². The molecule has 5 unspecified atom stereocenters. The number of hydrogen-bond donors (Lipinski definition) is 5. The van der Waals surface area contributed by atoms with Gasteiger partial charge in [0.15, 0.2) is 0 Å². The van der Waals surface area contributed by atoms with Crippen LogP contribution in [0.3, 0.4) is 0 Å². The number of aliphatic hydroxyl groups is 1. The molecule has 5 N–H and O–H groups in total. The molecule has 0 aliphatic carbocycles. The Morgan fingerprint density at radius 3 is 2.63 bits per heavy atom. The predicted molar refractivity (Wildman–Crippen MR) is 149 cm³/mol. The number of likely N-dealkylation sites (tertiary alicyclic amines) is 1. The van der Waals surface area contributed by atoms with Gasteiger partial charge in [-0.15, -0.1) is 0 Å². The van der Waals surface area contributed by atoms with Crippen molar-refractivity contribution in [2.75, 3.05) is 38.5 Å². The van der Waals surface area contributed by atoms with Crippen LogP contribution >= 0.6 is 0 Å². The van der Waals surface area contributed by atoms with Crippen molar-refractivity contribution in [1.82, 2.24) is 30.9 Å². The molecule has 0 spiro atoms. The van der Waals surface area contributed by atoms with Crippen LogP contribution in [0.15, 0.2) is 36.4 Å². The van der Waals surface area contributed by atoms with Gasteiger partial charge in [-0.3, -0.25) is 25.8 Å². The average molecular weight is 524 g/mol. The summed E-state index contributed by atoms with van der Waals surface area (Å²) < 4.78 is 0. The van der Waals surface area contributed by atoms with E-state index in [0.717, 1.165) is 37.8 Å². The van der Waals surface area contributed by atoms with Gasteiger partial charge < -0.3 is 15.3 Å². The van der Waals surface area contributed by atoms with E-state index in [9.17, 15) is 9.90 Å². The van der Waals surface area contributed by atoms with E-state index in [2.05, 4.69) is 74.6 Å². The van der Waals surface area contributed by atoms with Crippen LogP contribution in [0, 0.1) is 5.92 Å². The molecule has 1 amide bonds. The van der Waals surface area contributed by atoms with Gasteiger partial charge in [0.2, 0.25) is 5.91 Å². The minimum atomic E-state index is -0.771. The molecule has 0 radical (unpaired) electrons. The number of anilines is 1. The highest BCUT2D eigenvalue weighted by Gasteiger charge is 2.52. The first-order chi connectivity index (χ1) is 18.4. The van der Waals surface area contributed by atoms with Crippen molar-refractivity contribution >= 4 is 11.6 Å². The van der Waals surface area contributed by atoms with E-state index in [1.54, 1.807) is 0 Å². The van der Waals surface area contributed by atoms with Crippen LogP contribution < -0.4 is 21.3 Å². The van der Waals surface area contributed by atoms with Gasteiger partial charge in [-0.2, -0.15) is 5.01 Å². The van der Waals surface area contributed by atoms with Gasteiger partial charge in [0.25, 0.3) is 0 Å². The Labute approximate surface area is 227 Å². The third-order valence-electron chi connectivity index (χ3n) is 9.50. The van der Waals surface area contributed by atoms with Gasteiger partial charge in [0.05, 0.1) is 30.4 Å². The van der Waals surface area contributed by atoms with E-state index in [4.69, 9.17) is 0 Å². The number of hydrazine groups is 1. The molecule has 9 heteroatoms. The van der Waals surface area contributed by atoms with E-state index < -0.39 is 5.60 Å². The SMILES string of the molecule is CN1CCC(c2ccc(NC3NCC4C(=O)N5C/C=C\CC[C@](C)(O)C6CCCC(N6)N5C4N3)cc2)CC1. The smallest absolute Gasteiger partial charge is 0.244 e. The van der Waals surface area contributed by atoms with E-state index >= 15 is 0 Å². The van der Waals surface area contributed by atoms with Crippen molar-refractivity contribution < 1.29 is 9.90 Å². The topological polar surface area (TPSA) is 95.1 Å². The average Bonchev–Trinajstić information content (AvgIpc) is 3.19. The van der Waals surface area contributed by atoms with Crippen molar-refractivity contribution in [3.63, 3.8) is 0 Å². The molecular formula is C29H45N7O2. The summed E-state index contributed by atoms with van der Waals surface area (Å²) in [6, 6.07) is 8.92. The van der Waals surface area contributed by atoms with E-state index in [1.165, 1.54) is 31.5 Å². The Bertz CT molecular complexity index is 1010. The molecule has 1 aromatic carbocycles. The summed E-state index contributed by atoms with van der Waals surface area (Å²) in [6.45, 7) is 5.47. The molecule has 4 saturated heterocycles. The normalized spacial score (nSPS) is 38.2. The number of nitrogens with one attached hydrogen (secondary N) is 4. The summed E-state index contributed by atoms with van der Waals surface area (Å²) in [5, 5.41) is 30.0. The highest BCUT2D eigenvalue weighted by atomic mass is 16.3. The van der Waals surface area contributed by atoms with E-state index in [0.29, 0.717) is 19.0 Å². The van der Waals surface area contributed by atoms with Crippen LogP contribution in [-0.2, 0) is 4.79 Å². The molecule has 2 bridgehead atoms. The zero-order valence-electron chi connectivity index (χ0n) is 22.9. The molecule has 1 aromatic rings. The van der Waals surface area contributed by atoms with Crippen LogP contribution in [0.5, 0.6) is 0 Å². The van der Waals surface area contributed by atoms with Gasteiger partial charge in [-0.1, -0.05) is 24.3 Å². The molecule has 5 heterocycles. The summed E-state index contributed by atoms with van der Waals surface area (Å²) >= 11 is 0. The van der Waals surface area contributed by atoms with Crippen LogP contribution in [0.2, 0.25) is 0 Å².